The van der Waals surface area contributed by atoms with E-state index in [-0.39, 0.29) is 0 Å². The Balaban J connectivity index is 2.07. The van der Waals surface area contributed by atoms with Crippen LogP contribution in [0.5, 0.6) is 0 Å². The summed E-state index contributed by atoms with van der Waals surface area (Å²) in [7, 11) is 0. The third kappa shape index (κ3) is 2.89. The minimum atomic E-state index is 0.805. The van der Waals surface area contributed by atoms with Crippen LogP contribution in [0.2, 0.25) is 0 Å². The third-order valence-corrected chi connectivity index (χ3v) is 4.01. The fourth-order valence-electron chi connectivity index (χ4n) is 2.80. The van der Waals surface area contributed by atoms with Gasteiger partial charge in [-0.1, -0.05) is 6.92 Å². The highest BCUT2D eigenvalue weighted by Gasteiger charge is 2.18. The first-order valence-electron chi connectivity index (χ1n) is 7.84. The number of nitrogens with one attached hydrogen (secondary N) is 1. The van der Waals surface area contributed by atoms with E-state index in [1.165, 1.54) is 29.7 Å². The van der Waals surface area contributed by atoms with Crippen LogP contribution >= 0.6 is 0 Å². The zero-order valence-corrected chi connectivity index (χ0v) is 12.8. The number of aryl methyl sites for hydroxylation is 2. The van der Waals surface area contributed by atoms with E-state index in [4.69, 9.17) is 9.97 Å². The number of rotatable bonds is 4. The normalized spacial score (nSPS) is 13.8. The van der Waals surface area contributed by atoms with E-state index in [0.717, 1.165) is 43.0 Å². The number of pyridine rings is 1. The van der Waals surface area contributed by atoms with Crippen molar-refractivity contribution in [3.05, 3.63) is 35.3 Å². The molecule has 0 fully saturated rings. The lowest BCUT2D eigenvalue weighted by atomic mass is 9.96. The standard InChI is InChI=1S/C17H22N4/c1-3-9-19-16-13-6-4-5-7-15(13)20-17(21-16)14-11-18-10-8-12(14)2/h8,10-11H,3-7,9H2,1-2H3,(H,19,20,21). The second-order valence-corrected chi connectivity index (χ2v) is 5.65. The molecule has 3 rings (SSSR count). The number of hydrogen-bond donors (Lipinski definition) is 1. The quantitative estimate of drug-likeness (QED) is 0.931. The lowest BCUT2D eigenvalue weighted by Gasteiger charge is -2.20. The lowest BCUT2D eigenvalue weighted by Crippen LogP contribution is -2.14. The van der Waals surface area contributed by atoms with Crippen molar-refractivity contribution < 1.29 is 0 Å². The Morgan fingerprint density at radius 3 is 2.86 bits per heavy atom. The first-order chi connectivity index (χ1) is 10.3. The van der Waals surface area contributed by atoms with E-state index in [0.29, 0.717) is 0 Å². The second kappa shape index (κ2) is 6.20. The van der Waals surface area contributed by atoms with Crippen molar-refractivity contribution in [2.24, 2.45) is 0 Å². The summed E-state index contributed by atoms with van der Waals surface area (Å²) >= 11 is 0. The van der Waals surface area contributed by atoms with Gasteiger partial charge >= 0.3 is 0 Å². The molecule has 2 aromatic rings. The maximum absolute atomic E-state index is 4.82. The Labute approximate surface area is 126 Å². The molecule has 1 aliphatic rings. The lowest BCUT2D eigenvalue weighted by molar-refractivity contribution is 0.664. The predicted molar refractivity (Wildman–Crippen MR) is 85.4 cm³/mol. The molecule has 0 atom stereocenters. The van der Waals surface area contributed by atoms with Crippen LogP contribution in [0.25, 0.3) is 11.4 Å². The highest BCUT2D eigenvalue weighted by Crippen LogP contribution is 2.29. The molecule has 0 unspecified atom stereocenters. The Kier molecular flexibility index (Phi) is 4.13. The molecule has 0 saturated carbocycles. The van der Waals surface area contributed by atoms with E-state index < -0.39 is 0 Å². The summed E-state index contributed by atoms with van der Waals surface area (Å²) in [5.74, 6) is 1.83. The molecule has 110 valence electrons. The molecular formula is C17H22N4. The first-order valence-corrected chi connectivity index (χ1v) is 7.84. The van der Waals surface area contributed by atoms with Gasteiger partial charge in [0.05, 0.1) is 0 Å². The van der Waals surface area contributed by atoms with E-state index in [1.807, 2.05) is 18.5 Å². The molecule has 21 heavy (non-hydrogen) atoms. The van der Waals surface area contributed by atoms with Crippen molar-refractivity contribution in [2.75, 3.05) is 11.9 Å². The van der Waals surface area contributed by atoms with Crippen LogP contribution in [0.3, 0.4) is 0 Å². The van der Waals surface area contributed by atoms with Crippen molar-refractivity contribution in [1.29, 1.82) is 0 Å². The van der Waals surface area contributed by atoms with Gasteiger partial charge in [-0.15, -0.1) is 0 Å². The van der Waals surface area contributed by atoms with Crippen molar-refractivity contribution in [3.63, 3.8) is 0 Å². The highest BCUT2D eigenvalue weighted by atomic mass is 15.0. The molecule has 0 spiro atoms. The largest absolute Gasteiger partial charge is 0.370 e. The Morgan fingerprint density at radius 2 is 2.05 bits per heavy atom. The van der Waals surface area contributed by atoms with Crippen LogP contribution in [0, 0.1) is 6.92 Å². The SMILES string of the molecule is CCCNc1nc(-c2cnccc2C)nc2c1CCCC2. The van der Waals surface area contributed by atoms with Crippen LogP contribution in [0.1, 0.15) is 43.0 Å². The molecule has 2 heterocycles. The molecule has 0 aliphatic heterocycles. The summed E-state index contributed by atoms with van der Waals surface area (Å²) in [6, 6.07) is 2.01. The molecule has 0 aromatic carbocycles. The summed E-state index contributed by atoms with van der Waals surface area (Å²) in [6.07, 6.45) is 9.39. The Hall–Kier alpha value is -1.97. The Bertz CT molecular complexity index is 637. The molecule has 0 bridgehead atoms. The summed E-state index contributed by atoms with van der Waals surface area (Å²) < 4.78 is 0. The smallest absolute Gasteiger partial charge is 0.163 e. The average molecular weight is 282 g/mol. The van der Waals surface area contributed by atoms with E-state index in [2.05, 4.69) is 24.1 Å². The molecule has 0 saturated heterocycles. The van der Waals surface area contributed by atoms with Gasteiger partial charge in [0.1, 0.15) is 5.82 Å². The van der Waals surface area contributed by atoms with Crippen molar-refractivity contribution >= 4 is 5.82 Å². The van der Waals surface area contributed by atoms with Crippen LogP contribution in [0.4, 0.5) is 5.82 Å². The predicted octanol–water partition coefficient (Wildman–Crippen LogP) is 3.55. The van der Waals surface area contributed by atoms with Crippen molar-refractivity contribution in [2.45, 2.75) is 46.0 Å². The van der Waals surface area contributed by atoms with Gasteiger partial charge in [-0.2, -0.15) is 0 Å². The van der Waals surface area contributed by atoms with E-state index >= 15 is 0 Å². The van der Waals surface area contributed by atoms with Gasteiger partial charge in [-0.3, -0.25) is 4.98 Å². The molecule has 1 N–H and O–H groups in total. The van der Waals surface area contributed by atoms with Gasteiger partial charge in [-0.05, 0) is 50.7 Å². The van der Waals surface area contributed by atoms with Gasteiger partial charge in [-0.25, -0.2) is 9.97 Å². The molecule has 4 heteroatoms. The van der Waals surface area contributed by atoms with Crippen molar-refractivity contribution in [3.8, 4) is 11.4 Å². The fraction of sp³-hybridized carbons (Fsp3) is 0.471. The van der Waals surface area contributed by atoms with Gasteiger partial charge in [0.2, 0.25) is 0 Å². The minimum absolute atomic E-state index is 0.805. The van der Waals surface area contributed by atoms with Crippen LogP contribution < -0.4 is 5.32 Å². The monoisotopic (exact) mass is 282 g/mol. The number of nitrogens with zero attached hydrogens (tertiary/aromatic N) is 3. The van der Waals surface area contributed by atoms with E-state index in [9.17, 15) is 0 Å². The van der Waals surface area contributed by atoms with E-state index in [1.54, 1.807) is 0 Å². The molecule has 0 amide bonds. The van der Waals surface area contributed by atoms with Crippen molar-refractivity contribution in [1.82, 2.24) is 15.0 Å². The van der Waals surface area contributed by atoms with Gasteiger partial charge < -0.3 is 5.32 Å². The fourth-order valence-corrected chi connectivity index (χ4v) is 2.80. The molecule has 2 aromatic heterocycles. The third-order valence-electron chi connectivity index (χ3n) is 4.01. The summed E-state index contributed by atoms with van der Waals surface area (Å²) in [4.78, 5) is 13.8. The maximum Gasteiger partial charge on any atom is 0.163 e. The average Bonchev–Trinajstić information content (AvgIpc) is 2.53. The molecule has 4 nitrogen and oxygen atoms in total. The number of fused-ring (bicyclic) bond motifs is 1. The number of anilines is 1. The molecule has 0 radical (unpaired) electrons. The van der Waals surface area contributed by atoms with Crippen LogP contribution in [-0.4, -0.2) is 21.5 Å². The number of hydrogen-bond acceptors (Lipinski definition) is 4. The van der Waals surface area contributed by atoms with Gasteiger partial charge in [0, 0.05) is 35.8 Å². The molecule has 1 aliphatic carbocycles. The zero-order chi connectivity index (χ0) is 14.7. The van der Waals surface area contributed by atoms with Gasteiger partial charge in [0.15, 0.2) is 5.82 Å². The zero-order valence-electron chi connectivity index (χ0n) is 12.8. The number of aromatic nitrogens is 3. The first kappa shape index (κ1) is 14.0. The van der Waals surface area contributed by atoms with Crippen LogP contribution in [-0.2, 0) is 12.8 Å². The molecular weight excluding hydrogens is 260 g/mol. The topological polar surface area (TPSA) is 50.7 Å². The summed E-state index contributed by atoms with van der Waals surface area (Å²) in [6.45, 7) is 5.21. The maximum atomic E-state index is 4.82. The summed E-state index contributed by atoms with van der Waals surface area (Å²) in [5.41, 5.74) is 4.74. The van der Waals surface area contributed by atoms with Gasteiger partial charge in [0.25, 0.3) is 0 Å². The minimum Gasteiger partial charge on any atom is -0.370 e. The highest BCUT2D eigenvalue weighted by molar-refractivity contribution is 5.62. The second-order valence-electron chi connectivity index (χ2n) is 5.65. The van der Waals surface area contributed by atoms with Crippen LogP contribution in [0.15, 0.2) is 18.5 Å². The Morgan fingerprint density at radius 1 is 1.19 bits per heavy atom. The summed E-state index contributed by atoms with van der Waals surface area (Å²) in [5, 5.41) is 3.48.